The molecule has 5 nitrogen and oxygen atoms in total. The van der Waals surface area contributed by atoms with E-state index in [2.05, 4.69) is 20.9 Å². The van der Waals surface area contributed by atoms with Gasteiger partial charge in [-0.25, -0.2) is 0 Å². The number of carbonyl (C=O) groups is 2. The third kappa shape index (κ3) is 2.78. The summed E-state index contributed by atoms with van der Waals surface area (Å²) < 4.78 is 0.782. The zero-order chi connectivity index (χ0) is 14.0. The Morgan fingerprint density at radius 2 is 2.32 bits per heavy atom. The fourth-order valence-corrected chi connectivity index (χ4v) is 2.90. The number of likely N-dealkylation sites (tertiary alicyclic amines) is 1. The number of aliphatic carboxylic acids is 1. The molecule has 102 valence electrons. The molecule has 1 N–H and O–H groups in total. The highest BCUT2D eigenvalue weighted by Crippen LogP contribution is 2.38. The standard InChI is InChI=1S/C13H15BrN2O3/c1-2-3-16-11(17)5-10(13(18)19)12(16)8-4-9(14)7-15-6-8/h4,6-7,10,12H,2-3,5H2,1H3,(H,18,19). The predicted octanol–water partition coefficient (Wildman–Crippen LogP) is 2.23. The number of hydrogen-bond donors (Lipinski definition) is 1. The number of carboxylic acids is 1. The van der Waals surface area contributed by atoms with E-state index in [1.54, 1.807) is 17.3 Å². The Bertz CT molecular complexity index is 506. The van der Waals surface area contributed by atoms with Crippen LogP contribution in [0, 0.1) is 5.92 Å². The van der Waals surface area contributed by atoms with Crippen molar-refractivity contribution in [3.05, 3.63) is 28.5 Å². The van der Waals surface area contributed by atoms with Crippen LogP contribution in [0.3, 0.4) is 0 Å². The van der Waals surface area contributed by atoms with Crippen LogP contribution in [-0.2, 0) is 9.59 Å². The van der Waals surface area contributed by atoms with Gasteiger partial charge in [-0.3, -0.25) is 14.6 Å². The second-order valence-electron chi connectivity index (χ2n) is 4.62. The first-order valence-electron chi connectivity index (χ1n) is 6.17. The van der Waals surface area contributed by atoms with E-state index in [9.17, 15) is 14.7 Å². The number of carboxylic acid groups (broad SMARTS) is 1. The van der Waals surface area contributed by atoms with Gasteiger partial charge in [0.2, 0.25) is 5.91 Å². The van der Waals surface area contributed by atoms with Crippen LogP contribution in [0.25, 0.3) is 0 Å². The highest BCUT2D eigenvalue weighted by Gasteiger charge is 2.44. The van der Waals surface area contributed by atoms with Gasteiger partial charge < -0.3 is 10.0 Å². The van der Waals surface area contributed by atoms with Crippen molar-refractivity contribution in [3.63, 3.8) is 0 Å². The Kier molecular flexibility index (Phi) is 4.19. The zero-order valence-electron chi connectivity index (χ0n) is 10.5. The normalized spacial score (nSPS) is 22.8. The molecule has 1 aromatic heterocycles. The van der Waals surface area contributed by atoms with Crippen molar-refractivity contribution in [2.75, 3.05) is 6.54 Å². The number of nitrogens with zero attached hydrogens (tertiary/aromatic N) is 2. The number of carbonyl (C=O) groups excluding carboxylic acids is 1. The van der Waals surface area contributed by atoms with Crippen LogP contribution in [0.5, 0.6) is 0 Å². The summed E-state index contributed by atoms with van der Waals surface area (Å²) in [5, 5.41) is 9.31. The SMILES string of the molecule is CCCN1C(=O)CC(C(=O)O)C1c1cncc(Br)c1. The molecule has 1 aliphatic rings. The Balaban J connectivity index is 2.40. The molecule has 2 heterocycles. The summed E-state index contributed by atoms with van der Waals surface area (Å²) in [4.78, 5) is 29.1. The van der Waals surface area contributed by atoms with E-state index in [1.807, 2.05) is 13.0 Å². The molecule has 0 aliphatic carbocycles. The highest BCUT2D eigenvalue weighted by molar-refractivity contribution is 9.10. The first-order chi connectivity index (χ1) is 9.04. The second kappa shape index (κ2) is 5.69. The molecule has 0 saturated carbocycles. The van der Waals surface area contributed by atoms with Crippen LogP contribution in [0.15, 0.2) is 22.9 Å². The molecule has 0 radical (unpaired) electrons. The van der Waals surface area contributed by atoms with E-state index in [0.717, 1.165) is 16.5 Å². The molecule has 2 unspecified atom stereocenters. The topological polar surface area (TPSA) is 70.5 Å². The number of aromatic nitrogens is 1. The molecule has 19 heavy (non-hydrogen) atoms. The van der Waals surface area contributed by atoms with Gasteiger partial charge in [0.05, 0.1) is 12.0 Å². The van der Waals surface area contributed by atoms with Crippen LogP contribution in [-0.4, -0.2) is 33.4 Å². The largest absolute Gasteiger partial charge is 0.481 e. The van der Waals surface area contributed by atoms with Crippen molar-refractivity contribution in [1.82, 2.24) is 9.88 Å². The number of hydrogen-bond acceptors (Lipinski definition) is 3. The van der Waals surface area contributed by atoms with E-state index in [-0.39, 0.29) is 12.3 Å². The average molecular weight is 327 g/mol. The van der Waals surface area contributed by atoms with Crippen molar-refractivity contribution in [2.45, 2.75) is 25.8 Å². The van der Waals surface area contributed by atoms with E-state index in [4.69, 9.17) is 0 Å². The third-order valence-electron chi connectivity index (χ3n) is 3.28. The van der Waals surface area contributed by atoms with Crippen molar-refractivity contribution in [3.8, 4) is 0 Å². The minimum Gasteiger partial charge on any atom is -0.481 e. The fraction of sp³-hybridized carbons (Fsp3) is 0.462. The molecule has 6 heteroatoms. The lowest BCUT2D eigenvalue weighted by Crippen LogP contribution is -2.31. The summed E-state index contributed by atoms with van der Waals surface area (Å²) in [5.74, 6) is -1.73. The Hall–Kier alpha value is -1.43. The lowest BCUT2D eigenvalue weighted by molar-refractivity contribution is -0.142. The third-order valence-corrected chi connectivity index (χ3v) is 3.71. The lowest BCUT2D eigenvalue weighted by atomic mass is 9.95. The maximum Gasteiger partial charge on any atom is 0.309 e. The van der Waals surface area contributed by atoms with E-state index in [0.29, 0.717) is 6.54 Å². The number of rotatable bonds is 4. The Morgan fingerprint density at radius 3 is 2.89 bits per heavy atom. The maximum atomic E-state index is 12.0. The molecule has 0 bridgehead atoms. The summed E-state index contributed by atoms with van der Waals surface area (Å²) in [5.41, 5.74) is 0.765. The van der Waals surface area contributed by atoms with E-state index in [1.165, 1.54) is 0 Å². The van der Waals surface area contributed by atoms with Gasteiger partial charge in [-0.05, 0) is 34.0 Å². The minimum absolute atomic E-state index is 0.0620. The first kappa shape index (κ1) is 14.0. The molecule has 1 amide bonds. The molecule has 1 fully saturated rings. The highest BCUT2D eigenvalue weighted by atomic mass is 79.9. The van der Waals surface area contributed by atoms with Crippen molar-refractivity contribution >= 4 is 27.8 Å². The molecular formula is C13H15BrN2O3. The fourth-order valence-electron chi connectivity index (χ4n) is 2.52. The van der Waals surface area contributed by atoms with Gasteiger partial charge in [0, 0.05) is 29.8 Å². The van der Waals surface area contributed by atoms with Crippen LogP contribution < -0.4 is 0 Å². The number of halogens is 1. The van der Waals surface area contributed by atoms with Crippen molar-refractivity contribution in [1.29, 1.82) is 0 Å². The van der Waals surface area contributed by atoms with Crippen LogP contribution in [0.2, 0.25) is 0 Å². The molecule has 0 aromatic carbocycles. The predicted molar refractivity (Wildman–Crippen MR) is 72.4 cm³/mol. The Morgan fingerprint density at radius 1 is 1.58 bits per heavy atom. The lowest BCUT2D eigenvalue weighted by Gasteiger charge is -2.26. The number of pyridine rings is 1. The van der Waals surface area contributed by atoms with Gasteiger partial charge in [-0.15, -0.1) is 0 Å². The zero-order valence-corrected chi connectivity index (χ0v) is 12.1. The summed E-state index contributed by atoms with van der Waals surface area (Å²) in [6, 6.07) is 1.41. The smallest absolute Gasteiger partial charge is 0.309 e. The van der Waals surface area contributed by atoms with Gasteiger partial charge in [0.15, 0.2) is 0 Å². The van der Waals surface area contributed by atoms with Crippen LogP contribution >= 0.6 is 15.9 Å². The molecule has 2 rings (SSSR count). The quantitative estimate of drug-likeness (QED) is 0.921. The van der Waals surface area contributed by atoms with Gasteiger partial charge >= 0.3 is 5.97 Å². The molecule has 1 aliphatic heterocycles. The molecule has 1 aromatic rings. The first-order valence-corrected chi connectivity index (χ1v) is 6.96. The van der Waals surface area contributed by atoms with Crippen LogP contribution in [0.4, 0.5) is 0 Å². The molecule has 2 atom stereocenters. The van der Waals surface area contributed by atoms with E-state index >= 15 is 0 Å². The molecule has 0 spiro atoms. The number of amides is 1. The minimum atomic E-state index is -0.933. The van der Waals surface area contributed by atoms with Gasteiger partial charge in [0.25, 0.3) is 0 Å². The van der Waals surface area contributed by atoms with Gasteiger partial charge in [-0.1, -0.05) is 6.92 Å². The van der Waals surface area contributed by atoms with E-state index < -0.39 is 17.9 Å². The summed E-state index contributed by atoms with van der Waals surface area (Å²) in [6.45, 7) is 2.54. The monoisotopic (exact) mass is 326 g/mol. The van der Waals surface area contributed by atoms with Gasteiger partial charge in [-0.2, -0.15) is 0 Å². The van der Waals surface area contributed by atoms with Crippen molar-refractivity contribution < 1.29 is 14.7 Å². The molecular weight excluding hydrogens is 312 g/mol. The summed E-state index contributed by atoms with van der Waals surface area (Å²) in [6.07, 6.45) is 4.13. The summed E-state index contributed by atoms with van der Waals surface area (Å²) >= 11 is 3.33. The maximum absolute atomic E-state index is 12.0. The van der Waals surface area contributed by atoms with Crippen LogP contribution in [0.1, 0.15) is 31.4 Å². The second-order valence-corrected chi connectivity index (χ2v) is 5.53. The average Bonchev–Trinajstić information content (AvgIpc) is 2.68. The van der Waals surface area contributed by atoms with Gasteiger partial charge in [0.1, 0.15) is 0 Å². The Labute approximate surface area is 119 Å². The van der Waals surface area contributed by atoms with Crippen molar-refractivity contribution in [2.24, 2.45) is 5.92 Å². The molecule has 1 saturated heterocycles. The summed E-state index contributed by atoms with van der Waals surface area (Å²) in [7, 11) is 0.